The lowest BCUT2D eigenvalue weighted by Crippen LogP contribution is -2.35. The quantitative estimate of drug-likeness (QED) is 0.883. The summed E-state index contributed by atoms with van der Waals surface area (Å²) in [6, 6.07) is 8.45. The van der Waals surface area contributed by atoms with E-state index in [9.17, 15) is 4.79 Å². The lowest BCUT2D eigenvalue weighted by Gasteiger charge is -2.30. The smallest absolute Gasteiger partial charge is 0.257 e. The first-order valence-corrected chi connectivity index (χ1v) is 10.2. The minimum atomic E-state index is 0.0584. The summed E-state index contributed by atoms with van der Waals surface area (Å²) < 4.78 is 5.02. The van der Waals surface area contributed by atoms with Crippen molar-refractivity contribution >= 4 is 11.6 Å². The van der Waals surface area contributed by atoms with Crippen LogP contribution in [0.25, 0.3) is 0 Å². The van der Waals surface area contributed by atoms with Gasteiger partial charge in [0, 0.05) is 31.9 Å². The van der Waals surface area contributed by atoms with Crippen LogP contribution in [0.5, 0.6) is 0 Å². The monoisotopic (exact) mass is 367 g/mol. The fourth-order valence-electron chi connectivity index (χ4n) is 4.08. The topological polar surface area (TPSA) is 48.7 Å². The van der Waals surface area contributed by atoms with Crippen molar-refractivity contribution in [3.05, 3.63) is 53.5 Å². The number of carbonyl (C=O) groups is 1. The van der Waals surface area contributed by atoms with Gasteiger partial charge in [-0.05, 0) is 74.5 Å². The second-order valence-corrected chi connectivity index (χ2v) is 7.59. The summed E-state index contributed by atoms with van der Waals surface area (Å²) in [4.78, 5) is 16.8. The number of rotatable bonds is 2. The Morgan fingerprint density at radius 2 is 1.78 bits per heavy atom. The van der Waals surface area contributed by atoms with Crippen LogP contribution in [0.2, 0.25) is 0 Å². The highest BCUT2D eigenvalue weighted by atomic mass is 16.3. The van der Waals surface area contributed by atoms with E-state index in [4.69, 9.17) is 4.42 Å². The van der Waals surface area contributed by atoms with Crippen molar-refractivity contribution in [1.82, 2.24) is 10.2 Å². The van der Waals surface area contributed by atoms with E-state index in [2.05, 4.69) is 28.4 Å². The van der Waals surface area contributed by atoms with Crippen LogP contribution in [-0.4, -0.2) is 43.5 Å². The van der Waals surface area contributed by atoms with E-state index in [1.807, 2.05) is 4.90 Å². The third-order valence-electron chi connectivity index (χ3n) is 5.69. The molecule has 3 aliphatic heterocycles. The average Bonchev–Trinajstić information content (AvgIpc) is 3.50. The maximum absolute atomic E-state index is 12.4. The number of benzene rings is 1. The summed E-state index contributed by atoms with van der Waals surface area (Å²) >= 11 is 0. The van der Waals surface area contributed by atoms with Crippen LogP contribution in [0.1, 0.15) is 47.2 Å². The summed E-state index contributed by atoms with van der Waals surface area (Å²) in [6.45, 7) is 6.31. The molecule has 0 unspecified atom stereocenters. The number of hydrogen-bond acceptors (Lipinski definition) is 4. The fourth-order valence-corrected chi connectivity index (χ4v) is 4.08. The van der Waals surface area contributed by atoms with E-state index >= 15 is 0 Å². The van der Waals surface area contributed by atoms with Crippen molar-refractivity contribution in [2.45, 2.75) is 38.6 Å². The Hall–Kier alpha value is -2.27. The molecule has 5 nitrogen and oxygen atoms in total. The van der Waals surface area contributed by atoms with Crippen LogP contribution in [0.15, 0.2) is 41.2 Å². The highest BCUT2D eigenvalue weighted by molar-refractivity contribution is 5.94. The van der Waals surface area contributed by atoms with E-state index in [0.717, 1.165) is 13.0 Å². The first-order valence-electron chi connectivity index (χ1n) is 10.2. The van der Waals surface area contributed by atoms with Gasteiger partial charge in [0.15, 0.2) is 0 Å². The molecule has 0 spiro atoms. The molecule has 4 heterocycles. The third kappa shape index (κ3) is 4.35. The maximum Gasteiger partial charge on any atom is 0.257 e. The van der Waals surface area contributed by atoms with Gasteiger partial charge in [-0.15, -0.1) is 0 Å². The zero-order chi connectivity index (χ0) is 18.5. The zero-order valence-corrected chi connectivity index (χ0v) is 16.0. The predicted octanol–water partition coefficient (Wildman–Crippen LogP) is 3.45. The predicted molar refractivity (Wildman–Crippen MR) is 107 cm³/mol. The van der Waals surface area contributed by atoms with E-state index in [-0.39, 0.29) is 5.91 Å². The molecule has 5 heteroatoms. The highest BCUT2D eigenvalue weighted by Crippen LogP contribution is 2.27. The SMILES string of the molecule is C1CCNC1.O=C(c1ccoc1)N1CCc2cc(N3CCCC3)ccc2C1. The summed E-state index contributed by atoms with van der Waals surface area (Å²) in [5, 5.41) is 3.22. The maximum atomic E-state index is 12.4. The minimum Gasteiger partial charge on any atom is -0.472 e. The van der Waals surface area contributed by atoms with Gasteiger partial charge in [0.05, 0.1) is 11.8 Å². The van der Waals surface area contributed by atoms with E-state index < -0.39 is 0 Å². The molecule has 5 rings (SSSR count). The van der Waals surface area contributed by atoms with Gasteiger partial charge in [0.1, 0.15) is 6.26 Å². The summed E-state index contributed by atoms with van der Waals surface area (Å²) in [5.74, 6) is 0.0584. The Balaban J connectivity index is 0.000000314. The number of amides is 1. The van der Waals surface area contributed by atoms with Crippen LogP contribution in [0.3, 0.4) is 0 Å². The number of nitrogens with zero attached hydrogens (tertiary/aromatic N) is 2. The summed E-state index contributed by atoms with van der Waals surface area (Å²) in [7, 11) is 0. The number of furan rings is 1. The number of anilines is 1. The molecule has 3 aliphatic rings. The van der Waals surface area contributed by atoms with E-state index in [1.54, 1.807) is 12.3 Å². The van der Waals surface area contributed by atoms with E-state index in [1.165, 1.54) is 74.9 Å². The Morgan fingerprint density at radius 1 is 0.963 bits per heavy atom. The molecule has 2 fully saturated rings. The van der Waals surface area contributed by atoms with Gasteiger partial charge < -0.3 is 19.5 Å². The Kier molecular flexibility index (Phi) is 5.78. The van der Waals surface area contributed by atoms with Gasteiger partial charge in [-0.1, -0.05) is 6.07 Å². The van der Waals surface area contributed by atoms with Crippen LogP contribution < -0.4 is 10.2 Å². The second-order valence-electron chi connectivity index (χ2n) is 7.59. The molecule has 1 aromatic carbocycles. The fraction of sp³-hybridized carbons (Fsp3) is 0.500. The number of carbonyl (C=O) groups excluding carboxylic acids is 1. The Bertz CT molecular complexity index is 739. The van der Waals surface area contributed by atoms with Crippen LogP contribution in [0, 0.1) is 0 Å². The molecular formula is C22H29N3O2. The molecule has 0 radical (unpaired) electrons. The Labute approximate surface area is 161 Å². The minimum absolute atomic E-state index is 0.0584. The molecule has 1 amide bonds. The van der Waals surface area contributed by atoms with Gasteiger partial charge in [0.25, 0.3) is 5.91 Å². The van der Waals surface area contributed by atoms with Gasteiger partial charge in [-0.25, -0.2) is 0 Å². The Morgan fingerprint density at radius 3 is 2.44 bits per heavy atom. The number of nitrogens with one attached hydrogen (secondary N) is 1. The first kappa shape index (κ1) is 18.1. The number of fused-ring (bicyclic) bond motifs is 1. The van der Waals surface area contributed by atoms with Gasteiger partial charge in [0.2, 0.25) is 0 Å². The lowest BCUT2D eigenvalue weighted by molar-refractivity contribution is 0.0734. The van der Waals surface area contributed by atoms with Crippen molar-refractivity contribution in [2.24, 2.45) is 0 Å². The van der Waals surface area contributed by atoms with Gasteiger partial charge in [-0.3, -0.25) is 4.79 Å². The normalized spacial score (nSPS) is 18.8. The highest BCUT2D eigenvalue weighted by Gasteiger charge is 2.23. The molecular weight excluding hydrogens is 338 g/mol. The largest absolute Gasteiger partial charge is 0.472 e. The molecule has 144 valence electrons. The molecule has 0 aliphatic carbocycles. The van der Waals surface area contributed by atoms with Crippen LogP contribution in [-0.2, 0) is 13.0 Å². The molecule has 1 aromatic heterocycles. The molecule has 0 atom stereocenters. The second kappa shape index (κ2) is 8.61. The molecule has 0 bridgehead atoms. The van der Waals surface area contributed by atoms with Crippen molar-refractivity contribution in [2.75, 3.05) is 37.6 Å². The van der Waals surface area contributed by atoms with Crippen LogP contribution >= 0.6 is 0 Å². The molecule has 2 aromatic rings. The lowest BCUT2D eigenvalue weighted by atomic mass is 9.98. The molecule has 2 saturated heterocycles. The van der Waals surface area contributed by atoms with Gasteiger partial charge >= 0.3 is 0 Å². The number of hydrogen-bond donors (Lipinski definition) is 1. The average molecular weight is 367 g/mol. The summed E-state index contributed by atoms with van der Waals surface area (Å²) in [6.07, 6.45) is 9.37. The first-order chi connectivity index (χ1) is 13.3. The third-order valence-corrected chi connectivity index (χ3v) is 5.69. The standard InChI is InChI=1S/C18H20N2O2.C4H9N/c21-18(16-6-10-22-13-16)20-9-5-14-11-17(4-3-15(14)12-20)19-7-1-2-8-19;1-2-4-5-3-1/h3-4,6,10-11,13H,1-2,5,7-9,12H2;5H,1-4H2. The van der Waals surface area contributed by atoms with Crippen molar-refractivity contribution < 1.29 is 9.21 Å². The molecule has 27 heavy (non-hydrogen) atoms. The van der Waals surface area contributed by atoms with Crippen molar-refractivity contribution in [1.29, 1.82) is 0 Å². The zero-order valence-electron chi connectivity index (χ0n) is 16.0. The van der Waals surface area contributed by atoms with E-state index in [0.29, 0.717) is 12.1 Å². The van der Waals surface area contributed by atoms with Crippen LogP contribution in [0.4, 0.5) is 5.69 Å². The van der Waals surface area contributed by atoms with Gasteiger partial charge in [-0.2, -0.15) is 0 Å². The van der Waals surface area contributed by atoms with Crippen molar-refractivity contribution in [3.63, 3.8) is 0 Å². The molecule has 1 N–H and O–H groups in total. The van der Waals surface area contributed by atoms with Crippen molar-refractivity contribution in [3.8, 4) is 0 Å². The molecule has 0 saturated carbocycles. The summed E-state index contributed by atoms with van der Waals surface area (Å²) in [5.41, 5.74) is 4.63.